The van der Waals surface area contributed by atoms with Gasteiger partial charge in [0.25, 0.3) is 0 Å². The van der Waals surface area contributed by atoms with Crippen LogP contribution in [0.3, 0.4) is 0 Å². The smallest absolute Gasteiger partial charge is 0.187 e. The molecular formula is C12H17FN4O. The molecule has 0 fully saturated rings. The van der Waals surface area contributed by atoms with E-state index in [1.54, 1.807) is 12.0 Å². The zero-order chi connectivity index (χ0) is 13.4. The summed E-state index contributed by atoms with van der Waals surface area (Å²) in [4.78, 5) is 9.57. The fourth-order valence-electron chi connectivity index (χ4n) is 1.57. The summed E-state index contributed by atoms with van der Waals surface area (Å²) in [6, 6.07) is 2.04. The van der Waals surface area contributed by atoms with Crippen molar-refractivity contribution in [3.8, 4) is 6.07 Å². The molecule has 0 aliphatic rings. The average molecular weight is 252 g/mol. The van der Waals surface area contributed by atoms with Crippen LogP contribution in [-0.4, -0.2) is 36.8 Å². The van der Waals surface area contributed by atoms with Crippen LogP contribution in [0.1, 0.15) is 19.0 Å². The van der Waals surface area contributed by atoms with E-state index in [0.29, 0.717) is 38.2 Å². The summed E-state index contributed by atoms with van der Waals surface area (Å²) >= 11 is 0. The van der Waals surface area contributed by atoms with Crippen molar-refractivity contribution in [2.45, 2.75) is 19.8 Å². The van der Waals surface area contributed by atoms with Gasteiger partial charge in [0.2, 0.25) is 0 Å². The predicted molar refractivity (Wildman–Crippen MR) is 65.7 cm³/mol. The van der Waals surface area contributed by atoms with Gasteiger partial charge < -0.3 is 9.64 Å². The summed E-state index contributed by atoms with van der Waals surface area (Å²) in [5.41, 5.74) is 0.388. The van der Waals surface area contributed by atoms with Crippen LogP contribution in [0.15, 0.2) is 6.33 Å². The van der Waals surface area contributed by atoms with Crippen LogP contribution in [0.25, 0.3) is 0 Å². The largest absolute Gasteiger partial charge is 0.383 e. The zero-order valence-corrected chi connectivity index (χ0v) is 10.7. The van der Waals surface area contributed by atoms with Crippen molar-refractivity contribution in [1.82, 2.24) is 9.97 Å². The SMILES string of the molecule is CCc1ncnc(N(CCC#N)CCOC)c1F. The number of methoxy groups -OCH3 is 1. The third-order valence-electron chi connectivity index (χ3n) is 2.54. The van der Waals surface area contributed by atoms with Gasteiger partial charge in [0.05, 0.1) is 24.8 Å². The zero-order valence-electron chi connectivity index (χ0n) is 10.7. The van der Waals surface area contributed by atoms with E-state index >= 15 is 0 Å². The van der Waals surface area contributed by atoms with Gasteiger partial charge in [-0.15, -0.1) is 0 Å². The molecule has 0 radical (unpaired) electrons. The minimum atomic E-state index is -0.408. The van der Waals surface area contributed by atoms with Crippen molar-refractivity contribution in [2.75, 3.05) is 31.7 Å². The van der Waals surface area contributed by atoms with E-state index in [1.165, 1.54) is 6.33 Å². The molecule has 0 unspecified atom stereocenters. The van der Waals surface area contributed by atoms with E-state index < -0.39 is 5.82 Å². The number of rotatable bonds is 7. The second-order valence-electron chi connectivity index (χ2n) is 3.70. The maximum atomic E-state index is 14.1. The molecule has 0 saturated carbocycles. The molecule has 0 aliphatic heterocycles. The fraction of sp³-hybridized carbons (Fsp3) is 0.583. The van der Waals surface area contributed by atoms with Crippen molar-refractivity contribution in [2.24, 2.45) is 0 Å². The van der Waals surface area contributed by atoms with Crippen LogP contribution in [0.5, 0.6) is 0 Å². The predicted octanol–water partition coefficient (Wildman–Crippen LogP) is 1.54. The van der Waals surface area contributed by atoms with E-state index in [9.17, 15) is 4.39 Å². The van der Waals surface area contributed by atoms with Crippen molar-refractivity contribution in [3.05, 3.63) is 17.8 Å². The van der Waals surface area contributed by atoms with Crippen LogP contribution in [-0.2, 0) is 11.2 Å². The summed E-state index contributed by atoms with van der Waals surface area (Å²) in [7, 11) is 1.58. The van der Waals surface area contributed by atoms with Gasteiger partial charge in [-0.3, -0.25) is 0 Å². The van der Waals surface area contributed by atoms with Crippen molar-refractivity contribution >= 4 is 5.82 Å². The summed E-state index contributed by atoms with van der Waals surface area (Å²) in [6.07, 6.45) is 2.18. The van der Waals surface area contributed by atoms with Gasteiger partial charge in [0.1, 0.15) is 6.33 Å². The highest BCUT2D eigenvalue weighted by Crippen LogP contribution is 2.18. The number of hydrogen-bond acceptors (Lipinski definition) is 5. The molecule has 0 aromatic carbocycles. The Balaban J connectivity index is 2.93. The van der Waals surface area contributed by atoms with Gasteiger partial charge in [-0.05, 0) is 6.42 Å². The Labute approximate surface area is 106 Å². The molecule has 0 amide bonds. The van der Waals surface area contributed by atoms with E-state index in [4.69, 9.17) is 10.00 Å². The molecule has 0 atom stereocenters. The van der Waals surface area contributed by atoms with Crippen molar-refractivity contribution in [1.29, 1.82) is 5.26 Å². The van der Waals surface area contributed by atoms with Gasteiger partial charge in [0.15, 0.2) is 11.6 Å². The minimum absolute atomic E-state index is 0.245. The molecule has 0 bridgehead atoms. The normalized spacial score (nSPS) is 10.1. The monoisotopic (exact) mass is 252 g/mol. The third kappa shape index (κ3) is 3.64. The Kier molecular flexibility index (Phi) is 6.01. The van der Waals surface area contributed by atoms with E-state index in [0.717, 1.165) is 0 Å². The highest BCUT2D eigenvalue weighted by atomic mass is 19.1. The van der Waals surface area contributed by atoms with E-state index in [-0.39, 0.29) is 5.82 Å². The molecule has 6 heteroatoms. The maximum absolute atomic E-state index is 14.1. The Morgan fingerprint density at radius 2 is 2.22 bits per heavy atom. The highest BCUT2D eigenvalue weighted by Gasteiger charge is 2.16. The summed E-state index contributed by atoms with van der Waals surface area (Å²) < 4.78 is 19.1. The molecule has 1 aromatic heterocycles. The number of aromatic nitrogens is 2. The van der Waals surface area contributed by atoms with E-state index in [2.05, 4.69) is 9.97 Å². The molecule has 1 rings (SSSR count). The molecule has 5 nitrogen and oxygen atoms in total. The van der Waals surface area contributed by atoms with Crippen LogP contribution >= 0.6 is 0 Å². The first-order chi connectivity index (χ1) is 8.74. The summed E-state index contributed by atoms with van der Waals surface area (Å²) in [5.74, 6) is -0.164. The lowest BCUT2D eigenvalue weighted by Gasteiger charge is -2.22. The molecule has 1 heterocycles. The maximum Gasteiger partial charge on any atom is 0.187 e. The lowest BCUT2D eigenvalue weighted by Crippen LogP contribution is -2.30. The lowest BCUT2D eigenvalue weighted by molar-refractivity contribution is 0.205. The third-order valence-corrected chi connectivity index (χ3v) is 2.54. The number of halogens is 1. The van der Waals surface area contributed by atoms with Gasteiger partial charge in [-0.1, -0.05) is 6.92 Å². The first-order valence-corrected chi connectivity index (χ1v) is 5.84. The van der Waals surface area contributed by atoms with Crippen molar-refractivity contribution in [3.63, 3.8) is 0 Å². The molecule has 98 valence electrons. The van der Waals surface area contributed by atoms with Crippen LogP contribution < -0.4 is 4.90 Å². The van der Waals surface area contributed by atoms with Crippen LogP contribution in [0.2, 0.25) is 0 Å². The molecule has 0 spiro atoms. The van der Waals surface area contributed by atoms with Gasteiger partial charge >= 0.3 is 0 Å². The van der Waals surface area contributed by atoms with Gasteiger partial charge in [-0.25, -0.2) is 14.4 Å². The fourth-order valence-corrected chi connectivity index (χ4v) is 1.57. The molecule has 0 aliphatic carbocycles. The van der Waals surface area contributed by atoms with Crippen molar-refractivity contribution < 1.29 is 9.13 Å². The molecule has 0 saturated heterocycles. The second kappa shape index (κ2) is 7.56. The molecule has 18 heavy (non-hydrogen) atoms. The van der Waals surface area contributed by atoms with Gasteiger partial charge in [0, 0.05) is 20.2 Å². The summed E-state index contributed by atoms with van der Waals surface area (Å²) in [5, 5.41) is 8.62. The topological polar surface area (TPSA) is 62.0 Å². The lowest BCUT2D eigenvalue weighted by atomic mass is 10.3. The van der Waals surface area contributed by atoms with E-state index in [1.807, 2.05) is 13.0 Å². The standard InChI is InChI=1S/C12H17FN4O/c1-3-10-11(13)12(16-9-15-10)17(6-4-5-14)7-8-18-2/h9H,3-4,6-8H2,1-2H3. The number of ether oxygens (including phenoxy) is 1. The highest BCUT2D eigenvalue weighted by molar-refractivity contribution is 5.41. The number of aryl methyl sites for hydroxylation is 1. The van der Waals surface area contributed by atoms with Crippen LogP contribution in [0.4, 0.5) is 10.2 Å². The minimum Gasteiger partial charge on any atom is -0.383 e. The van der Waals surface area contributed by atoms with Crippen LogP contribution in [0, 0.1) is 17.1 Å². The number of hydrogen-bond donors (Lipinski definition) is 0. The molecular weight excluding hydrogens is 235 g/mol. The molecule has 0 N–H and O–H groups in total. The Bertz CT molecular complexity index is 419. The quantitative estimate of drug-likeness (QED) is 0.736. The number of nitrogens with zero attached hydrogens (tertiary/aromatic N) is 4. The first kappa shape index (κ1) is 14.3. The second-order valence-corrected chi connectivity index (χ2v) is 3.70. The summed E-state index contributed by atoms with van der Waals surface area (Å²) in [6.45, 7) is 3.21. The molecule has 1 aromatic rings. The number of anilines is 1. The number of nitriles is 1. The van der Waals surface area contributed by atoms with Gasteiger partial charge in [-0.2, -0.15) is 5.26 Å². The first-order valence-electron chi connectivity index (χ1n) is 5.84. The Morgan fingerprint density at radius 3 is 2.83 bits per heavy atom. The average Bonchev–Trinajstić information content (AvgIpc) is 2.40. The Hall–Kier alpha value is -1.74. The Morgan fingerprint density at radius 1 is 1.44 bits per heavy atom.